The van der Waals surface area contributed by atoms with Gasteiger partial charge in [0.2, 0.25) is 11.5 Å². The standard InChI is InChI=1S/C27H32O7/c1-16-8-9-19(10-17-12-21(29-2)26(33-6)22(13-17)30-3)25(28)20(16)11-18-14-23(31-4)27(34-7)24(15-18)32-5/h10-16H,8-9H2,1-7H3. The number of hydrogen-bond donors (Lipinski definition) is 0. The van der Waals surface area contributed by atoms with Gasteiger partial charge in [0, 0.05) is 11.1 Å². The van der Waals surface area contributed by atoms with E-state index in [1.54, 1.807) is 42.7 Å². The minimum Gasteiger partial charge on any atom is -0.493 e. The summed E-state index contributed by atoms with van der Waals surface area (Å²) in [7, 11) is 9.40. The monoisotopic (exact) mass is 468 g/mol. The van der Waals surface area contributed by atoms with Crippen LogP contribution in [-0.2, 0) is 4.79 Å². The number of Topliss-reactive ketones (excluding diaryl/α,β-unsaturated/α-hetero) is 1. The number of carbonyl (C=O) groups is 1. The topological polar surface area (TPSA) is 72.5 Å². The van der Waals surface area contributed by atoms with Gasteiger partial charge in [0.1, 0.15) is 0 Å². The van der Waals surface area contributed by atoms with Crippen molar-refractivity contribution in [3.63, 3.8) is 0 Å². The van der Waals surface area contributed by atoms with E-state index < -0.39 is 0 Å². The number of allylic oxidation sites excluding steroid dienone is 2. The summed E-state index contributed by atoms with van der Waals surface area (Å²) in [5, 5.41) is 0. The van der Waals surface area contributed by atoms with Crippen molar-refractivity contribution in [2.24, 2.45) is 5.92 Å². The lowest BCUT2D eigenvalue weighted by Crippen LogP contribution is -2.19. The zero-order chi connectivity index (χ0) is 24.8. The van der Waals surface area contributed by atoms with Crippen molar-refractivity contribution in [3.8, 4) is 34.5 Å². The van der Waals surface area contributed by atoms with Crippen LogP contribution in [0.5, 0.6) is 34.5 Å². The van der Waals surface area contributed by atoms with Crippen LogP contribution in [-0.4, -0.2) is 48.4 Å². The van der Waals surface area contributed by atoms with E-state index in [4.69, 9.17) is 28.4 Å². The molecule has 2 aromatic carbocycles. The number of ketones is 1. The van der Waals surface area contributed by atoms with Gasteiger partial charge in [-0.2, -0.15) is 0 Å². The maximum Gasteiger partial charge on any atom is 0.203 e. The molecule has 0 aromatic heterocycles. The van der Waals surface area contributed by atoms with Gasteiger partial charge >= 0.3 is 0 Å². The van der Waals surface area contributed by atoms with Crippen molar-refractivity contribution in [2.75, 3.05) is 42.7 Å². The van der Waals surface area contributed by atoms with E-state index in [1.165, 1.54) is 0 Å². The zero-order valence-corrected chi connectivity index (χ0v) is 20.8. The van der Waals surface area contributed by atoms with Gasteiger partial charge in [0.15, 0.2) is 28.8 Å². The molecule has 1 saturated carbocycles. The fourth-order valence-electron chi connectivity index (χ4n) is 4.15. The van der Waals surface area contributed by atoms with E-state index in [2.05, 4.69) is 6.92 Å². The van der Waals surface area contributed by atoms with Crippen molar-refractivity contribution in [3.05, 3.63) is 46.5 Å². The van der Waals surface area contributed by atoms with Gasteiger partial charge in [-0.3, -0.25) is 4.79 Å². The van der Waals surface area contributed by atoms with E-state index in [0.717, 1.165) is 28.7 Å². The van der Waals surface area contributed by atoms with Crippen LogP contribution in [0.1, 0.15) is 30.9 Å². The summed E-state index contributed by atoms with van der Waals surface area (Å²) in [6.45, 7) is 2.07. The van der Waals surface area contributed by atoms with Crippen LogP contribution in [0.4, 0.5) is 0 Å². The molecule has 0 bridgehead atoms. The Bertz CT molecular complexity index is 1060. The Hall–Kier alpha value is -3.61. The molecule has 3 rings (SSSR count). The smallest absolute Gasteiger partial charge is 0.203 e. The number of carbonyl (C=O) groups excluding carboxylic acids is 1. The third-order valence-corrected chi connectivity index (χ3v) is 5.97. The average Bonchev–Trinajstić information content (AvgIpc) is 2.86. The van der Waals surface area contributed by atoms with Gasteiger partial charge in [-0.15, -0.1) is 0 Å². The van der Waals surface area contributed by atoms with Crippen LogP contribution in [0, 0.1) is 5.92 Å². The molecule has 2 aromatic rings. The molecule has 0 aliphatic heterocycles. The van der Waals surface area contributed by atoms with Gasteiger partial charge in [0.25, 0.3) is 0 Å². The summed E-state index contributed by atoms with van der Waals surface area (Å²) in [5.74, 6) is 3.31. The Morgan fingerprint density at radius 3 is 1.47 bits per heavy atom. The second-order valence-electron chi connectivity index (χ2n) is 7.96. The highest BCUT2D eigenvalue weighted by molar-refractivity contribution is 6.14. The van der Waals surface area contributed by atoms with E-state index in [1.807, 2.05) is 36.4 Å². The Morgan fingerprint density at radius 2 is 1.09 bits per heavy atom. The van der Waals surface area contributed by atoms with Gasteiger partial charge in [-0.05, 0) is 66.3 Å². The molecule has 34 heavy (non-hydrogen) atoms. The van der Waals surface area contributed by atoms with E-state index in [-0.39, 0.29) is 11.7 Å². The van der Waals surface area contributed by atoms with Crippen LogP contribution in [0.2, 0.25) is 0 Å². The van der Waals surface area contributed by atoms with Crippen molar-refractivity contribution >= 4 is 17.9 Å². The Labute approximate surface area is 200 Å². The molecule has 7 nitrogen and oxygen atoms in total. The maximum absolute atomic E-state index is 13.5. The minimum absolute atomic E-state index is 0.0150. The number of hydrogen-bond acceptors (Lipinski definition) is 7. The van der Waals surface area contributed by atoms with Gasteiger partial charge in [-0.25, -0.2) is 0 Å². The molecular formula is C27H32O7. The SMILES string of the molecule is COc1cc(C=C2CCC(C)C(=Cc3cc(OC)c(OC)c(OC)c3)C2=O)cc(OC)c1OC. The lowest BCUT2D eigenvalue weighted by atomic mass is 9.80. The predicted molar refractivity (Wildman–Crippen MR) is 132 cm³/mol. The highest BCUT2D eigenvalue weighted by Gasteiger charge is 2.27. The summed E-state index contributed by atoms with van der Waals surface area (Å²) in [6, 6.07) is 7.35. The third kappa shape index (κ3) is 4.98. The van der Waals surface area contributed by atoms with Gasteiger partial charge < -0.3 is 28.4 Å². The fraction of sp³-hybridized carbons (Fsp3) is 0.370. The summed E-state index contributed by atoms with van der Waals surface area (Å²) in [6.07, 6.45) is 5.34. The molecular weight excluding hydrogens is 436 g/mol. The predicted octanol–water partition coefficient (Wildman–Crippen LogP) is 5.20. The molecule has 0 amide bonds. The van der Waals surface area contributed by atoms with Gasteiger partial charge in [0.05, 0.1) is 42.7 Å². The van der Waals surface area contributed by atoms with Gasteiger partial charge in [-0.1, -0.05) is 6.92 Å². The first kappa shape index (κ1) is 25.0. The molecule has 7 heteroatoms. The zero-order valence-electron chi connectivity index (χ0n) is 20.8. The highest BCUT2D eigenvalue weighted by Crippen LogP contribution is 2.41. The summed E-state index contributed by atoms with van der Waals surface area (Å²) < 4.78 is 32.6. The normalized spacial score (nSPS) is 18.1. The maximum atomic E-state index is 13.5. The van der Waals surface area contributed by atoms with Crippen LogP contribution in [0.15, 0.2) is 35.4 Å². The second kappa shape index (κ2) is 11.0. The second-order valence-corrected chi connectivity index (χ2v) is 7.96. The molecule has 0 spiro atoms. The van der Waals surface area contributed by atoms with Crippen LogP contribution in [0.25, 0.3) is 12.2 Å². The van der Waals surface area contributed by atoms with Crippen molar-refractivity contribution in [1.82, 2.24) is 0 Å². The quantitative estimate of drug-likeness (QED) is 0.493. The van der Waals surface area contributed by atoms with Crippen LogP contribution >= 0.6 is 0 Å². The van der Waals surface area contributed by atoms with Crippen molar-refractivity contribution < 1.29 is 33.2 Å². The fourth-order valence-corrected chi connectivity index (χ4v) is 4.15. The lowest BCUT2D eigenvalue weighted by Gasteiger charge is -2.23. The lowest BCUT2D eigenvalue weighted by molar-refractivity contribution is -0.113. The summed E-state index contributed by atoms with van der Waals surface area (Å²) in [4.78, 5) is 13.5. The molecule has 0 saturated heterocycles. The molecule has 0 heterocycles. The number of methoxy groups -OCH3 is 6. The largest absolute Gasteiger partial charge is 0.493 e. The van der Waals surface area contributed by atoms with E-state index >= 15 is 0 Å². The van der Waals surface area contributed by atoms with Crippen LogP contribution < -0.4 is 28.4 Å². The molecule has 0 N–H and O–H groups in total. The molecule has 1 atom stereocenters. The van der Waals surface area contributed by atoms with Crippen LogP contribution in [0.3, 0.4) is 0 Å². The minimum atomic E-state index is 0.0150. The third-order valence-electron chi connectivity index (χ3n) is 5.97. The molecule has 0 radical (unpaired) electrons. The van der Waals surface area contributed by atoms with E-state index in [9.17, 15) is 4.79 Å². The number of ether oxygens (including phenoxy) is 6. The molecule has 1 fully saturated rings. The van der Waals surface area contributed by atoms with E-state index in [0.29, 0.717) is 40.9 Å². The van der Waals surface area contributed by atoms with Crippen molar-refractivity contribution in [2.45, 2.75) is 19.8 Å². The Balaban J connectivity index is 2.03. The summed E-state index contributed by atoms with van der Waals surface area (Å²) in [5.41, 5.74) is 3.07. The number of rotatable bonds is 8. The molecule has 1 aliphatic rings. The highest BCUT2D eigenvalue weighted by atomic mass is 16.5. The first-order valence-corrected chi connectivity index (χ1v) is 11.0. The first-order chi connectivity index (χ1) is 16.4. The summed E-state index contributed by atoms with van der Waals surface area (Å²) >= 11 is 0. The molecule has 1 unspecified atom stereocenters. The average molecular weight is 469 g/mol. The molecule has 182 valence electrons. The molecule has 1 aliphatic carbocycles. The Morgan fingerprint density at radius 1 is 0.676 bits per heavy atom. The Kier molecular flexibility index (Phi) is 8.10. The van der Waals surface area contributed by atoms with Crippen molar-refractivity contribution in [1.29, 1.82) is 0 Å². The number of benzene rings is 2. The first-order valence-electron chi connectivity index (χ1n) is 11.0.